The number of hydrogen-bond donors (Lipinski definition) is 1. The normalized spacial score (nSPS) is 17.9. The van der Waals surface area contributed by atoms with E-state index in [1.807, 2.05) is 6.92 Å². The number of nitrogens with zero attached hydrogens (tertiary/aromatic N) is 2. The Hall–Kier alpha value is -0.870. The minimum atomic E-state index is 0.606. The maximum absolute atomic E-state index is 5.34. The Balaban J connectivity index is 1.87. The third kappa shape index (κ3) is 2.83. The van der Waals surface area contributed by atoms with Crippen LogP contribution in [0.3, 0.4) is 0 Å². The van der Waals surface area contributed by atoms with Crippen molar-refractivity contribution in [3.63, 3.8) is 0 Å². The van der Waals surface area contributed by atoms with Gasteiger partial charge < -0.3 is 10.1 Å². The molecule has 0 unspecified atom stereocenters. The summed E-state index contributed by atoms with van der Waals surface area (Å²) in [5, 5.41) is 8.03. The quantitative estimate of drug-likeness (QED) is 0.840. The summed E-state index contributed by atoms with van der Waals surface area (Å²) in [6.45, 7) is 7.82. The molecule has 2 rings (SSSR count). The van der Waals surface area contributed by atoms with Crippen LogP contribution >= 0.6 is 0 Å². The molecule has 4 heteroatoms. The van der Waals surface area contributed by atoms with Crippen LogP contribution in [0.1, 0.15) is 31.2 Å². The van der Waals surface area contributed by atoms with Crippen molar-refractivity contribution in [3.05, 3.63) is 17.5 Å². The lowest BCUT2D eigenvalue weighted by molar-refractivity contribution is 0.0774. The zero-order chi connectivity index (χ0) is 11.4. The first kappa shape index (κ1) is 11.6. The van der Waals surface area contributed by atoms with E-state index in [1.54, 1.807) is 0 Å². The van der Waals surface area contributed by atoms with E-state index in [1.165, 1.54) is 5.69 Å². The predicted molar refractivity (Wildman–Crippen MR) is 63.3 cm³/mol. The lowest BCUT2D eigenvalue weighted by Crippen LogP contribution is -2.34. The van der Waals surface area contributed by atoms with Crippen LogP contribution < -0.4 is 5.32 Å². The SMILES string of the molecule is CCn1nc(C)cc1CNC1CCOCC1. The highest BCUT2D eigenvalue weighted by Crippen LogP contribution is 2.09. The van der Waals surface area contributed by atoms with E-state index >= 15 is 0 Å². The van der Waals surface area contributed by atoms with E-state index in [-0.39, 0.29) is 0 Å². The largest absolute Gasteiger partial charge is 0.381 e. The number of aromatic nitrogens is 2. The maximum Gasteiger partial charge on any atom is 0.0597 e. The molecule has 90 valence electrons. The first-order valence-corrected chi connectivity index (χ1v) is 6.14. The molecule has 4 nitrogen and oxygen atoms in total. The summed E-state index contributed by atoms with van der Waals surface area (Å²) in [4.78, 5) is 0. The van der Waals surface area contributed by atoms with E-state index in [4.69, 9.17) is 4.74 Å². The van der Waals surface area contributed by atoms with Gasteiger partial charge in [-0.3, -0.25) is 4.68 Å². The molecule has 1 N–H and O–H groups in total. The summed E-state index contributed by atoms with van der Waals surface area (Å²) < 4.78 is 7.41. The average molecular weight is 223 g/mol. The van der Waals surface area contributed by atoms with Crippen molar-refractivity contribution in [1.82, 2.24) is 15.1 Å². The molecule has 1 saturated heterocycles. The first-order chi connectivity index (χ1) is 7.79. The predicted octanol–water partition coefficient (Wildman–Crippen LogP) is 1.48. The van der Waals surface area contributed by atoms with E-state index in [0.717, 1.165) is 44.8 Å². The Morgan fingerprint density at radius 2 is 2.25 bits per heavy atom. The Kier molecular flexibility index (Phi) is 3.96. The molecular weight excluding hydrogens is 202 g/mol. The molecule has 0 saturated carbocycles. The molecule has 1 fully saturated rings. The van der Waals surface area contributed by atoms with E-state index in [2.05, 4.69) is 28.1 Å². The van der Waals surface area contributed by atoms with Gasteiger partial charge in [-0.2, -0.15) is 5.10 Å². The maximum atomic E-state index is 5.34. The molecule has 0 aliphatic carbocycles. The fourth-order valence-electron chi connectivity index (χ4n) is 2.17. The molecule has 0 aromatic carbocycles. The van der Waals surface area contributed by atoms with Gasteiger partial charge >= 0.3 is 0 Å². The van der Waals surface area contributed by atoms with Gasteiger partial charge in [0.15, 0.2) is 0 Å². The lowest BCUT2D eigenvalue weighted by Gasteiger charge is -2.23. The second kappa shape index (κ2) is 5.46. The van der Waals surface area contributed by atoms with Crippen molar-refractivity contribution in [3.8, 4) is 0 Å². The van der Waals surface area contributed by atoms with Crippen molar-refractivity contribution in [2.24, 2.45) is 0 Å². The molecule has 16 heavy (non-hydrogen) atoms. The fourth-order valence-corrected chi connectivity index (χ4v) is 2.17. The van der Waals surface area contributed by atoms with E-state index in [0.29, 0.717) is 6.04 Å². The summed E-state index contributed by atoms with van der Waals surface area (Å²) in [7, 11) is 0. The zero-order valence-electron chi connectivity index (χ0n) is 10.2. The van der Waals surface area contributed by atoms with Gasteiger partial charge in [-0.1, -0.05) is 0 Å². The highest BCUT2D eigenvalue weighted by Gasteiger charge is 2.13. The number of rotatable bonds is 4. The topological polar surface area (TPSA) is 39.1 Å². The smallest absolute Gasteiger partial charge is 0.0597 e. The number of aryl methyl sites for hydroxylation is 2. The Morgan fingerprint density at radius 3 is 2.94 bits per heavy atom. The summed E-state index contributed by atoms with van der Waals surface area (Å²) in [5.74, 6) is 0. The molecule has 1 aromatic rings. The van der Waals surface area contributed by atoms with Crippen LogP contribution in [0.5, 0.6) is 0 Å². The monoisotopic (exact) mass is 223 g/mol. The highest BCUT2D eigenvalue weighted by atomic mass is 16.5. The van der Waals surface area contributed by atoms with Crippen LogP contribution in [-0.2, 0) is 17.8 Å². The molecule has 0 atom stereocenters. The minimum Gasteiger partial charge on any atom is -0.381 e. The summed E-state index contributed by atoms with van der Waals surface area (Å²) in [5.41, 5.74) is 2.39. The average Bonchev–Trinajstić information content (AvgIpc) is 2.68. The van der Waals surface area contributed by atoms with Crippen molar-refractivity contribution < 1.29 is 4.74 Å². The number of hydrogen-bond acceptors (Lipinski definition) is 3. The van der Waals surface area contributed by atoms with Crippen LogP contribution in [0.2, 0.25) is 0 Å². The van der Waals surface area contributed by atoms with Gasteiger partial charge in [0, 0.05) is 32.3 Å². The van der Waals surface area contributed by atoms with Gasteiger partial charge in [-0.15, -0.1) is 0 Å². The Morgan fingerprint density at radius 1 is 1.50 bits per heavy atom. The molecule has 2 heterocycles. The molecule has 0 spiro atoms. The molecule has 1 aliphatic heterocycles. The van der Waals surface area contributed by atoms with Gasteiger partial charge in [0.05, 0.1) is 11.4 Å². The van der Waals surface area contributed by atoms with Crippen molar-refractivity contribution in [2.75, 3.05) is 13.2 Å². The molecule has 0 bridgehead atoms. The van der Waals surface area contributed by atoms with E-state index < -0.39 is 0 Å². The van der Waals surface area contributed by atoms with Crippen molar-refractivity contribution in [1.29, 1.82) is 0 Å². The number of ether oxygens (including phenoxy) is 1. The molecular formula is C12H21N3O. The van der Waals surface area contributed by atoms with Crippen molar-refractivity contribution in [2.45, 2.75) is 45.8 Å². The summed E-state index contributed by atoms with van der Waals surface area (Å²) in [6.07, 6.45) is 2.25. The van der Waals surface area contributed by atoms with E-state index in [9.17, 15) is 0 Å². The minimum absolute atomic E-state index is 0.606. The van der Waals surface area contributed by atoms with Gasteiger partial charge in [0.1, 0.15) is 0 Å². The van der Waals surface area contributed by atoms with Gasteiger partial charge in [-0.05, 0) is 32.8 Å². The van der Waals surface area contributed by atoms with Gasteiger partial charge in [0.25, 0.3) is 0 Å². The second-order valence-corrected chi connectivity index (χ2v) is 4.36. The van der Waals surface area contributed by atoms with Crippen LogP contribution in [0.15, 0.2) is 6.07 Å². The zero-order valence-corrected chi connectivity index (χ0v) is 10.2. The third-order valence-electron chi connectivity index (χ3n) is 3.08. The van der Waals surface area contributed by atoms with Crippen LogP contribution in [0, 0.1) is 6.92 Å². The standard InChI is InChI=1S/C12H21N3O/c1-3-15-12(8-10(2)14-15)9-13-11-4-6-16-7-5-11/h8,11,13H,3-7,9H2,1-2H3. The lowest BCUT2D eigenvalue weighted by atomic mass is 10.1. The van der Waals surface area contributed by atoms with Crippen LogP contribution in [0.4, 0.5) is 0 Å². The van der Waals surface area contributed by atoms with Gasteiger partial charge in [0.2, 0.25) is 0 Å². The number of nitrogens with one attached hydrogen (secondary N) is 1. The molecule has 1 aromatic heterocycles. The molecule has 0 radical (unpaired) electrons. The fraction of sp³-hybridized carbons (Fsp3) is 0.750. The Bertz CT molecular complexity index is 329. The summed E-state index contributed by atoms with van der Waals surface area (Å²) >= 11 is 0. The molecule has 1 aliphatic rings. The Labute approximate surface area is 97.0 Å². The first-order valence-electron chi connectivity index (χ1n) is 6.14. The van der Waals surface area contributed by atoms with Crippen LogP contribution in [-0.4, -0.2) is 29.0 Å². The second-order valence-electron chi connectivity index (χ2n) is 4.36. The van der Waals surface area contributed by atoms with Crippen molar-refractivity contribution >= 4 is 0 Å². The molecule has 0 amide bonds. The summed E-state index contributed by atoms with van der Waals surface area (Å²) in [6, 6.07) is 2.77. The highest BCUT2D eigenvalue weighted by molar-refractivity contribution is 5.08. The van der Waals surface area contributed by atoms with Gasteiger partial charge in [-0.25, -0.2) is 0 Å². The van der Waals surface area contributed by atoms with Crippen LogP contribution in [0.25, 0.3) is 0 Å². The third-order valence-corrected chi connectivity index (χ3v) is 3.08.